The second-order valence-corrected chi connectivity index (χ2v) is 25.7. The number of nitrogens with one attached hydrogen (secondary N) is 5. The number of nitrogens with zero attached hydrogens (tertiary/aromatic N) is 8. The summed E-state index contributed by atoms with van der Waals surface area (Å²) >= 11 is 4.33. The summed E-state index contributed by atoms with van der Waals surface area (Å²) in [4.78, 5) is 175. The number of rotatable bonds is 61. The number of ketones is 4. The van der Waals surface area contributed by atoms with Crippen LogP contribution in [0.1, 0.15) is 161 Å². The van der Waals surface area contributed by atoms with Gasteiger partial charge in [-0.3, -0.25) is 87.9 Å². The van der Waals surface area contributed by atoms with Gasteiger partial charge in [0.05, 0.1) is 30.1 Å². The van der Waals surface area contributed by atoms with Crippen LogP contribution in [0.25, 0.3) is 0 Å². The van der Waals surface area contributed by atoms with Gasteiger partial charge in [-0.2, -0.15) is 12.6 Å². The highest BCUT2D eigenvalue weighted by atomic mass is 32.1. The molecule has 0 unspecified atom stereocenters. The third kappa shape index (κ3) is 46.3. The van der Waals surface area contributed by atoms with Gasteiger partial charge in [0, 0.05) is 107 Å². The van der Waals surface area contributed by atoms with E-state index in [0.29, 0.717) is 38.6 Å². The van der Waals surface area contributed by atoms with Crippen LogP contribution in [0.3, 0.4) is 0 Å². The minimum atomic E-state index is -1.39. The SMILES string of the molecule is CC[C@H](CCCN=C(N)N)C(=O)N[C@H](CCCN=C(N)N)C(=O)C[C@H](CCCN=C(N)N)C(=O)N[C@H](CCCN=C(N)N)C(=O)C[C@H](CCCN=C(N)N)C(=O)N[C@H](CCCN=C(N)N)C(=O)C[C@H](CCCN=C(N)N)C(=O)N[C@H](CCCN=C(N)N)C(=O)C[C@H](CS)C(=O)N[C@H](CCCCN)C(N)=O. The molecular formula is C63H123N31O10S. The van der Waals surface area contributed by atoms with E-state index >= 15 is 9.59 Å². The molecule has 42 heteroatoms. The molecule has 0 rings (SSSR count). The molecule has 596 valence electrons. The minimum absolute atomic E-state index is 0.00171. The van der Waals surface area contributed by atoms with Gasteiger partial charge in [0.1, 0.15) is 6.04 Å². The minimum Gasteiger partial charge on any atom is -0.370 e. The van der Waals surface area contributed by atoms with Gasteiger partial charge in [-0.25, -0.2) is 0 Å². The van der Waals surface area contributed by atoms with Crippen molar-refractivity contribution in [3.63, 3.8) is 0 Å². The Morgan fingerprint density at radius 3 is 0.695 bits per heavy atom. The Kier molecular flexibility index (Phi) is 50.2. The van der Waals surface area contributed by atoms with E-state index < -0.39 is 144 Å². The number of carbonyl (C=O) groups is 10. The smallest absolute Gasteiger partial charge is 0.239 e. The average Bonchev–Trinajstić information content (AvgIpc) is 0.864. The molecule has 0 aromatic carbocycles. The first-order chi connectivity index (χ1) is 49.6. The molecule has 10 atom stereocenters. The Bertz CT molecular complexity index is 2950. The third-order valence-corrected chi connectivity index (χ3v) is 17.0. The van der Waals surface area contributed by atoms with Crippen LogP contribution >= 0.6 is 12.6 Å². The fraction of sp³-hybridized carbons (Fsp3) is 0.714. The molecule has 0 aromatic heterocycles. The highest BCUT2D eigenvalue weighted by molar-refractivity contribution is 7.80. The Hall–Kier alpha value is -10.0. The molecule has 0 aliphatic carbocycles. The molecule has 41 N–H and O–H groups in total. The van der Waals surface area contributed by atoms with Crippen molar-refractivity contribution in [3.05, 3.63) is 0 Å². The zero-order valence-electron chi connectivity index (χ0n) is 60.8. The van der Waals surface area contributed by atoms with E-state index in [4.69, 9.17) is 103 Å². The zero-order chi connectivity index (χ0) is 79.4. The number of nitrogens with two attached hydrogens (primary N) is 18. The standard InChI is InChI=1S/C63H123N31O10S/c1-2-36(13-5-23-82-56(66)67)51(100)90-41(18-9-27-86-60(74)75)46(95)31-37(14-6-24-83-57(68)69)52(101)91-42(19-10-28-87-61(76)77)47(96)32-38(15-7-25-84-58(70)71)53(102)92-43(20-11-29-88-62(78)79)48(97)33-39(16-8-26-85-59(72)73)54(103)93-44(21-12-30-89-63(80)81)49(98)34-40(35-105)55(104)94-45(50(65)99)17-3-4-22-64/h36-45,105H,2-35,64H2,1H3,(H2,65,99)(H,90,100)(H,91,101)(H,92,102)(H,93,103)(H,94,104)(H4,66,67,82)(H4,68,69,83)(H4,70,71,84)(H4,72,73,85)(H4,74,75,86)(H4,76,77,87)(H4,78,79,88)(H4,80,81,89)/t36-,37+,38+,39+,40-,41-,42-,43-,44-,45-/m1/s1. The predicted octanol–water partition coefficient (Wildman–Crippen LogP) is -7.29. The monoisotopic (exact) mass is 1510 g/mol. The van der Waals surface area contributed by atoms with Gasteiger partial charge in [0.2, 0.25) is 35.4 Å². The van der Waals surface area contributed by atoms with E-state index in [-0.39, 0.29) is 202 Å². The predicted molar refractivity (Wildman–Crippen MR) is 411 cm³/mol. The van der Waals surface area contributed by atoms with Crippen molar-refractivity contribution < 1.29 is 47.9 Å². The first kappa shape index (κ1) is 95.0. The number of primary amides is 1. The highest BCUT2D eigenvalue weighted by Crippen LogP contribution is 2.23. The lowest BCUT2D eigenvalue weighted by atomic mass is 9.88. The first-order valence-corrected chi connectivity index (χ1v) is 35.9. The van der Waals surface area contributed by atoms with Crippen LogP contribution in [-0.2, 0) is 47.9 Å². The van der Waals surface area contributed by atoms with Gasteiger partial charge in [-0.15, -0.1) is 0 Å². The number of hydrogen-bond acceptors (Lipinski definition) is 20. The van der Waals surface area contributed by atoms with Gasteiger partial charge in [-0.1, -0.05) is 6.92 Å². The normalized spacial score (nSPS) is 13.7. The lowest BCUT2D eigenvalue weighted by Crippen LogP contribution is -2.49. The van der Waals surface area contributed by atoms with Crippen LogP contribution in [0.15, 0.2) is 39.9 Å². The van der Waals surface area contributed by atoms with Gasteiger partial charge in [0.15, 0.2) is 70.8 Å². The molecule has 0 aromatic rings. The second-order valence-electron chi connectivity index (χ2n) is 25.3. The van der Waals surface area contributed by atoms with E-state index in [9.17, 15) is 38.4 Å². The van der Waals surface area contributed by atoms with E-state index in [1.807, 2.05) is 6.92 Å². The van der Waals surface area contributed by atoms with Crippen LogP contribution in [0.2, 0.25) is 0 Å². The van der Waals surface area contributed by atoms with Crippen molar-refractivity contribution in [2.75, 3.05) is 64.7 Å². The molecule has 0 bridgehead atoms. The molecule has 0 spiro atoms. The summed E-state index contributed by atoms with van der Waals surface area (Å²) in [7, 11) is 0. The van der Waals surface area contributed by atoms with Crippen molar-refractivity contribution in [2.24, 2.45) is 173 Å². The van der Waals surface area contributed by atoms with Crippen LogP contribution < -0.4 is 130 Å². The van der Waals surface area contributed by atoms with Crippen LogP contribution in [0, 0.1) is 29.6 Å². The molecule has 0 aliphatic heterocycles. The zero-order valence-corrected chi connectivity index (χ0v) is 61.7. The fourth-order valence-corrected chi connectivity index (χ4v) is 11.3. The second kappa shape index (κ2) is 55.5. The molecule has 105 heavy (non-hydrogen) atoms. The Morgan fingerprint density at radius 2 is 0.476 bits per heavy atom. The molecule has 0 saturated heterocycles. The summed E-state index contributed by atoms with van der Waals surface area (Å²) in [6.45, 7) is 2.58. The van der Waals surface area contributed by atoms with E-state index in [1.54, 1.807) is 0 Å². The van der Waals surface area contributed by atoms with Crippen molar-refractivity contribution in [3.8, 4) is 0 Å². The molecule has 0 fully saturated rings. The number of aliphatic imine (C=N–C) groups is 8. The Labute approximate surface area is 619 Å². The molecular weight excluding hydrogens is 1380 g/mol. The Balaban J connectivity index is 7.85. The summed E-state index contributed by atoms with van der Waals surface area (Å²) in [5, 5.41) is 13.9. The number of carbonyl (C=O) groups excluding carboxylic acids is 10. The van der Waals surface area contributed by atoms with Crippen LogP contribution in [0.4, 0.5) is 0 Å². The van der Waals surface area contributed by atoms with Gasteiger partial charge in [0.25, 0.3) is 0 Å². The van der Waals surface area contributed by atoms with Crippen LogP contribution in [0.5, 0.6) is 0 Å². The maximum absolute atomic E-state index is 15.0. The lowest BCUT2D eigenvalue weighted by molar-refractivity contribution is -0.136. The number of thiol groups is 1. The van der Waals surface area contributed by atoms with Crippen molar-refractivity contribution in [2.45, 2.75) is 191 Å². The summed E-state index contributed by atoms with van der Waals surface area (Å²) < 4.78 is 0. The third-order valence-electron chi connectivity index (χ3n) is 16.6. The van der Waals surface area contributed by atoms with Gasteiger partial charge in [-0.05, 0) is 135 Å². The Morgan fingerprint density at radius 1 is 0.276 bits per heavy atom. The largest absolute Gasteiger partial charge is 0.370 e. The lowest BCUT2D eigenvalue weighted by Gasteiger charge is -2.27. The van der Waals surface area contributed by atoms with Crippen molar-refractivity contribution >= 4 is 119 Å². The van der Waals surface area contributed by atoms with Crippen LogP contribution in [-0.4, -0.2) is 201 Å². The number of guanidine groups is 8. The molecule has 0 radical (unpaired) electrons. The topological polar surface area (TPSA) is 798 Å². The molecule has 6 amide bonds. The van der Waals surface area contributed by atoms with Gasteiger partial charge < -0.3 is 130 Å². The first-order valence-electron chi connectivity index (χ1n) is 35.3. The number of Topliss-reactive ketones (excluding diaryl/α,β-unsaturated/α-hetero) is 4. The van der Waals surface area contributed by atoms with E-state index in [2.05, 4.69) is 79.2 Å². The average molecular weight is 1510 g/mol. The molecule has 0 aliphatic rings. The maximum Gasteiger partial charge on any atom is 0.239 e. The molecule has 0 heterocycles. The quantitative estimate of drug-likeness (QED) is 0.0116. The number of amides is 6. The maximum atomic E-state index is 15.0. The van der Waals surface area contributed by atoms with Crippen molar-refractivity contribution in [1.29, 1.82) is 0 Å². The van der Waals surface area contributed by atoms with Crippen molar-refractivity contribution in [1.82, 2.24) is 26.6 Å². The molecule has 41 nitrogen and oxygen atoms in total. The summed E-state index contributed by atoms with van der Waals surface area (Å²) in [6, 6.07) is -6.25. The summed E-state index contributed by atoms with van der Waals surface area (Å²) in [5.41, 5.74) is 101. The fourth-order valence-electron chi connectivity index (χ4n) is 11.0. The molecule has 0 saturated carbocycles. The highest BCUT2D eigenvalue weighted by Gasteiger charge is 2.36. The summed E-state index contributed by atoms with van der Waals surface area (Å²) in [6.07, 6.45) is 1.14. The van der Waals surface area contributed by atoms with E-state index in [0.717, 1.165) is 0 Å². The number of unbranched alkanes of at least 4 members (excludes halogenated alkanes) is 1. The number of hydrogen-bond donors (Lipinski definition) is 24. The summed E-state index contributed by atoms with van der Waals surface area (Å²) in [5.74, 6) is -14.0. The van der Waals surface area contributed by atoms with Gasteiger partial charge >= 0.3 is 0 Å². The van der Waals surface area contributed by atoms with E-state index in [1.165, 1.54) is 0 Å².